The SMILES string of the molecule is COC(=O)O[C@H]1CC[C@H](N(Cc2ccccc2)Cc2ccccc2)CC1. The van der Waals surface area contributed by atoms with E-state index in [4.69, 9.17) is 4.74 Å². The van der Waals surface area contributed by atoms with Gasteiger partial charge in [0, 0.05) is 19.1 Å². The summed E-state index contributed by atoms with van der Waals surface area (Å²) in [5.41, 5.74) is 2.66. The Bertz CT molecular complexity index is 625. The standard InChI is InChI=1S/C22H27NO3/c1-25-22(24)26-21-14-12-20(13-15-21)23(16-18-8-4-2-5-9-18)17-19-10-6-3-7-11-19/h2-11,20-21H,12-17H2,1H3/t20-,21-. The van der Waals surface area contributed by atoms with Gasteiger partial charge in [0.2, 0.25) is 0 Å². The minimum Gasteiger partial charge on any atom is -0.438 e. The van der Waals surface area contributed by atoms with Gasteiger partial charge >= 0.3 is 6.16 Å². The van der Waals surface area contributed by atoms with Crippen LogP contribution in [0.5, 0.6) is 0 Å². The summed E-state index contributed by atoms with van der Waals surface area (Å²) in [7, 11) is 1.36. The Morgan fingerprint density at radius 3 is 1.85 bits per heavy atom. The van der Waals surface area contributed by atoms with Crippen LogP contribution in [0.2, 0.25) is 0 Å². The van der Waals surface area contributed by atoms with E-state index in [-0.39, 0.29) is 6.10 Å². The van der Waals surface area contributed by atoms with E-state index < -0.39 is 6.16 Å². The molecule has 0 spiro atoms. The third kappa shape index (κ3) is 5.33. The lowest BCUT2D eigenvalue weighted by Gasteiger charge is -2.36. The second kappa shape index (κ2) is 9.39. The molecule has 1 saturated carbocycles. The Labute approximate surface area is 155 Å². The van der Waals surface area contributed by atoms with E-state index in [9.17, 15) is 4.79 Å². The molecule has 0 saturated heterocycles. The first-order valence-corrected chi connectivity index (χ1v) is 9.31. The van der Waals surface area contributed by atoms with Crippen molar-refractivity contribution in [1.82, 2.24) is 4.90 Å². The van der Waals surface area contributed by atoms with Crippen LogP contribution in [0.15, 0.2) is 60.7 Å². The molecule has 0 bridgehead atoms. The maximum atomic E-state index is 11.3. The van der Waals surface area contributed by atoms with Crippen LogP contribution < -0.4 is 0 Å². The number of hydrogen-bond donors (Lipinski definition) is 0. The summed E-state index contributed by atoms with van der Waals surface area (Å²) in [4.78, 5) is 13.9. The molecule has 1 fully saturated rings. The molecule has 0 heterocycles. The molecule has 0 N–H and O–H groups in total. The normalized spacial score (nSPS) is 19.9. The van der Waals surface area contributed by atoms with E-state index >= 15 is 0 Å². The van der Waals surface area contributed by atoms with Gasteiger partial charge in [-0.15, -0.1) is 0 Å². The van der Waals surface area contributed by atoms with E-state index in [1.807, 2.05) is 0 Å². The van der Waals surface area contributed by atoms with Crippen LogP contribution in [0.25, 0.3) is 0 Å². The number of ether oxygens (including phenoxy) is 2. The van der Waals surface area contributed by atoms with Gasteiger partial charge in [-0.1, -0.05) is 60.7 Å². The first-order valence-electron chi connectivity index (χ1n) is 9.31. The predicted molar refractivity (Wildman–Crippen MR) is 102 cm³/mol. The van der Waals surface area contributed by atoms with Crippen molar-refractivity contribution >= 4 is 6.16 Å². The van der Waals surface area contributed by atoms with Crippen LogP contribution in [0, 0.1) is 0 Å². The van der Waals surface area contributed by atoms with Crippen molar-refractivity contribution in [3.8, 4) is 0 Å². The van der Waals surface area contributed by atoms with Gasteiger partial charge < -0.3 is 9.47 Å². The maximum absolute atomic E-state index is 11.3. The molecule has 0 atom stereocenters. The molecular weight excluding hydrogens is 326 g/mol. The fourth-order valence-corrected chi connectivity index (χ4v) is 3.66. The van der Waals surface area contributed by atoms with Gasteiger partial charge in [0.1, 0.15) is 6.10 Å². The fraction of sp³-hybridized carbons (Fsp3) is 0.409. The first-order chi connectivity index (χ1) is 12.7. The molecule has 1 aliphatic rings. The first kappa shape index (κ1) is 18.5. The molecule has 4 heteroatoms. The summed E-state index contributed by atoms with van der Waals surface area (Å²) >= 11 is 0. The van der Waals surface area contributed by atoms with Crippen molar-refractivity contribution in [1.29, 1.82) is 0 Å². The van der Waals surface area contributed by atoms with Crippen LogP contribution in [0.3, 0.4) is 0 Å². The van der Waals surface area contributed by atoms with Crippen LogP contribution in [-0.4, -0.2) is 30.3 Å². The van der Waals surface area contributed by atoms with Crippen molar-refractivity contribution < 1.29 is 14.3 Å². The molecule has 138 valence electrons. The number of methoxy groups -OCH3 is 1. The lowest BCUT2D eigenvalue weighted by Crippen LogP contribution is -2.39. The Hall–Kier alpha value is -2.33. The molecule has 3 rings (SSSR count). The third-order valence-electron chi connectivity index (χ3n) is 5.05. The maximum Gasteiger partial charge on any atom is 0.508 e. The Morgan fingerprint density at radius 2 is 1.38 bits per heavy atom. The molecule has 0 aromatic heterocycles. The molecule has 2 aromatic rings. The fourth-order valence-electron chi connectivity index (χ4n) is 3.66. The molecule has 0 radical (unpaired) electrons. The van der Waals surface area contributed by atoms with Gasteiger partial charge in [-0.3, -0.25) is 4.90 Å². The van der Waals surface area contributed by atoms with Gasteiger partial charge in [-0.2, -0.15) is 0 Å². The summed E-state index contributed by atoms with van der Waals surface area (Å²) in [5.74, 6) is 0. The van der Waals surface area contributed by atoms with Crippen molar-refractivity contribution in [3.63, 3.8) is 0 Å². The van der Waals surface area contributed by atoms with Gasteiger partial charge in [0.15, 0.2) is 0 Å². The zero-order chi connectivity index (χ0) is 18.2. The number of carbonyl (C=O) groups excluding carboxylic acids is 1. The average molecular weight is 353 g/mol. The Balaban J connectivity index is 1.64. The van der Waals surface area contributed by atoms with E-state index in [0.717, 1.165) is 38.8 Å². The Kier molecular flexibility index (Phi) is 6.67. The van der Waals surface area contributed by atoms with Crippen LogP contribution >= 0.6 is 0 Å². The second-order valence-electron chi connectivity index (χ2n) is 6.88. The summed E-state index contributed by atoms with van der Waals surface area (Å²) in [6.45, 7) is 1.87. The van der Waals surface area contributed by atoms with E-state index in [2.05, 4.69) is 70.3 Å². The minimum atomic E-state index is -0.570. The Morgan fingerprint density at radius 1 is 0.885 bits per heavy atom. The number of hydrogen-bond acceptors (Lipinski definition) is 4. The van der Waals surface area contributed by atoms with Crippen LogP contribution in [0.4, 0.5) is 4.79 Å². The molecule has 2 aromatic carbocycles. The minimum absolute atomic E-state index is 0.0194. The van der Waals surface area contributed by atoms with Gasteiger partial charge in [-0.25, -0.2) is 4.79 Å². The zero-order valence-corrected chi connectivity index (χ0v) is 15.3. The zero-order valence-electron chi connectivity index (χ0n) is 15.3. The highest BCUT2D eigenvalue weighted by Crippen LogP contribution is 2.28. The lowest BCUT2D eigenvalue weighted by atomic mass is 9.91. The van der Waals surface area contributed by atoms with Crippen LogP contribution in [0.1, 0.15) is 36.8 Å². The summed E-state index contributed by atoms with van der Waals surface area (Å²) in [5, 5.41) is 0. The highest BCUT2D eigenvalue weighted by atomic mass is 16.7. The molecule has 4 nitrogen and oxygen atoms in total. The van der Waals surface area contributed by atoms with Crippen molar-refractivity contribution in [2.45, 2.75) is 50.9 Å². The summed E-state index contributed by atoms with van der Waals surface area (Å²) < 4.78 is 9.94. The largest absolute Gasteiger partial charge is 0.508 e. The lowest BCUT2D eigenvalue weighted by molar-refractivity contribution is 0.00725. The van der Waals surface area contributed by atoms with E-state index in [0.29, 0.717) is 6.04 Å². The molecule has 0 amide bonds. The molecule has 26 heavy (non-hydrogen) atoms. The highest BCUT2D eigenvalue weighted by Gasteiger charge is 2.28. The molecule has 0 unspecified atom stereocenters. The van der Waals surface area contributed by atoms with Crippen molar-refractivity contribution in [2.24, 2.45) is 0 Å². The smallest absolute Gasteiger partial charge is 0.438 e. The van der Waals surface area contributed by atoms with Crippen molar-refractivity contribution in [3.05, 3.63) is 71.8 Å². The molecule has 1 aliphatic carbocycles. The molecule has 0 aliphatic heterocycles. The van der Waals surface area contributed by atoms with E-state index in [1.165, 1.54) is 18.2 Å². The predicted octanol–water partition coefficient (Wildman–Crippen LogP) is 4.78. The van der Waals surface area contributed by atoms with Gasteiger partial charge in [-0.05, 0) is 36.8 Å². The number of carbonyl (C=O) groups is 1. The quantitative estimate of drug-likeness (QED) is 0.701. The number of rotatable bonds is 6. The number of benzene rings is 2. The summed E-state index contributed by atoms with van der Waals surface area (Å²) in [6.07, 6.45) is 3.25. The average Bonchev–Trinajstić information content (AvgIpc) is 2.69. The third-order valence-corrected chi connectivity index (χ3v) is 5.05. The van der Waals surface area contributed by atoms with Crippen LogP contribution in [-0.2, 0) is 22.6 Å². The topological polar surface area (TPSA) is 38.8 Å². The van der Waals surface area contributed by atoms with Gasteiger partial charge in [0.25, 0.3) is 0 Å². The number of nitrogens with zero attached hydrogens (tertiary/aromatic N) is 1. The van der Waals surface area contributed by atoms with Crippen molar-refractivity contribution in [2.75, 3.05) is 7.11 Å². The van der Waals surface area contributed by atoms with Gasteiger partial charge in [0.05, 0.1) is 7.11 Å². The second-order valence-corrected chi connectivity index (χ2v) is 6.88. The molecular formula is C22H27NO3. The monoisotopic (exact) mass is 353 g/mol. The van der Waals surface area contributed by atoms with E-state index in [1.54, 1.807) is 0 Å². The highest BCUT2D eigenvalue weighted by molar-refractivity contribution is 5.59. The summed E-state index contributed by atoms with van der Waals surface area (Å²) in [6, 6.07) is 21.7.